The van der Waals surface area contributed by atoms with E-state index in [1.807, 2.05) is 60.8 Å². The van der Waals surface area contributed by atoms with Gasteiger partial charge in [0, 0.05) is 23.7 Å². The van der Waals surface area contributed by atoms with Crippen molar-refractivity contribution in [1.29, 1.82) is 0 Å². The summed E-state index contributed by atoms with van der Waals surface area (Å²) >= 11 is 0. The van der Waals surface area contributed by atoms with Crippen LogP contribution in [0.1, 0.15) is 63.9 Å². The average molecular weight is 504 g/mol. The van der Waals surface area contributed by atoms with Gasteiger partial charge in [0.15, 0.2) is 0 Å². The van der Waals surface area contributed by atoms with Gasteiger partial charge in [0.1, 0.15) is 11.4 Å². The second-order valence-electron chi connectivity index (χ2n) is 8.88. The highest BCUT2D eigenvalue weighted by Crippen LogP contribution is 2.25. The Bertz CT molecular complexity index is 1140. The highest BCUT2D eigenvalue weighted by atomic mass is 16.5. The number of carbonyl (C=O) groups is 2. The summed E-state index contributed by atoms with van der Waals surface area (Å²) in [6.45, 7) is 2.09. The van der Waals surface area contributed by atoms with Crippen molar-refractivity contribution in [2.75, 3.05) is 13.7 Å². The van der Waals surface area contributed by atoms with E-state index in [0.29, 0.717) is 12.1 Å². The van der Waals surface area contributed by atoms with Gasteiger partial charge in [0.05, 0.1) is 25.6 Å². The second-order valence-corrected chi connectivity index (χ2v) is 8.88. The summed E-state index contributed by atoms with van der Waals surface area (Å²) in [6, 6.07) is 17.3. The maximum absolute atomic E-state index is 12.2. The van der Waals surface area contributed by atoms with E-state index < -0.39 is 0 Å². The molecule has 8 heteroatoms. The predicted octanol–water partition coefficient (Wildman–Crippen LogP) is 5.25. The zero-order chi connectivity index (χ0) is 26.3. The SMILES string of the molecule is CCCCCCCCCC(=O)NCC(=O)N/N=C\c1cn(-c2ccccc2)nc1-c1ccc(OC)cc1. The summed E-state index contributed by atoms with van der Waals surface area (Å²) in [5.74, 6) is 0.256. The maximum atomic E-state index is 12.2. The molecule has 1 heterocycles. The third-order valence-corrected chi connectivity index (χ3v) is 5.97. The molecule has 0 saturated carbocycles. The molecule has 0 saturated heterocycles. The Labute approximate surface area is 219 Å². The van der Waals surface area contributed by atoms with Crippen LogP contribution in [0.25, 0.3) is 16.9 Å². The lowest BCUT2D eigenvalue weighted by Crippen LogP contribution is -2.34. The van der Waals surface area contributed by atoms with Gasteiger partial charge < -0.3 is 10.1 Å². The first-order valence-corrected chi connectivity index (χ1v) is 13.0. The smallest absolute Gasteiger partial charge is 0.259 e. The fraction of sp³-hybridized carbons (Fsp3) is 0.379. The summed E-state index contributed by atoms with van der Waals surface area (Å²) < 4.78 is 7.03. The third kappa shape index (κ3) is 9.22. The van der Waals surface area contributed by atoms with Crippen molar-refractivity contribution >= 4 is 18.0 Å². The van der Waals surface area contributed by atoms with Crippen LogP contribution < -0.4 is 15.5 Å². The zero-order valence-electron chi connectivity index (χ0n) is 21.8. The largest absolute Gasteiger partial charge is 0.497 e. The molecule has 2 aromatic carbocycles. The minimum atomic E-state index is -0.384. The first-order valence-electron chi connectivity index (χ1n) is 13.0. The number of nitrogens with one attached hydrogen (secondary N) is 2. The monoisotopic (exact) mass is 503 g/mol. The van der Waals surface area contributed by atoms with Gasteiger partial charge in [-0.2, -0.15) is 10.2 Å². The predicted molar refractivity (Wildman–Crippen MR) is 147 cm³/mol. The van der Waals surface area contributed by atoms with E-state index in [1.54, 1.807) is 18.0 Å². The number of hydrazone groups is 1. The van der Waals surface area contributed by atoms with Crippen LogP contribution in [0.15, 0.2) is 65.9 Å². The highest BCUT2D eigenvalue weighted by molar-refractivity contribution is 5.90. The topological polar surface area (TPSA) is 97.6 Å². The first kappa shape index (κ1) is 27.6. The van der Waals surface area contributed by atoms with E-state index in [1.165, 1.54) is 25.7 Å². The number of ether oxygens (including phenoxy) is 1. The number of hydrogen-bond donors (Lipinski definition) is 2. The van der Waals surface area contributed by atoms with Crippen LogP contribution in [0, 0.1) is 0 Å². The minimum absolute atomic E-state index is 0.110. The number of benzene rings is 2. The Hall–Kier alpha value is -3.94. The molecule has 196 valence electrons. The molecule has 0 aliphatic carbocycles. The summed E-state index contributed by atoms with van der Waals surface area (Å²) in [6.07, 6.45) is 11.9. The van der Waals surface area contributed by atoms with E-state index in [0.717, 1.165) is 41.8 Å². The van der Waals surface area contributed by atoms with Crippen LogP contribution in [0.2, 0.25) is 0 Å². The Kier molecular flexibility index (Phi) is 11.4. The van der Waals surface area contributed by atoms with Crippen molar-refractivity contribution in [1.82, 2.24) is 20.5 Å². The van der Waals surface area contributed by atoms with Gasteiger partial charge in [-0.05, 0) is 42.8 Å². The molecule has 2 N–H and O–H groups in total. The lowest BCUT2D eigenvalue weighted by Gasteiger charge is -2.04. The molecule has 2 amide bonds. The Balaban J connectivity index is 1.53. The molecular weight excluding hydrogens is 466 g/mol. The van der Waals surface area contributed by atoms with Crippen molar-refractivity contribution in [3.8, 4) is 22.7 Å². The van der Waals surface area contributed by atoms with Gasteiger partial charge in [-0.15, -0.1) is 0 Å². The second kappa shape index (κ2) is 15.2. The van der Waals surface area contributed by atoms with E-state index in [-0.39, 0.29) is 18.4 Å². The number of methoxy groups -OCH3 is 1. The Morgan fingerprint density at radius 3 is 2.35 bits per heavy atom. The number of nitrogens with zero attached hydrogens (tertiary/aromatic N) is 3. The molecule has 3 aromatic rings. The number of para-hydroxylation sites is 1. The summed E-state index contributed by atoms with van der Waals surface area (Å²) in [7, 11) is 1.62. The summed E-state index contributed by atoms with van der Waals surface area (Å²) in [4.78, 5) is 24.2. The van der Waals surface area contributed by atoms with Crippen LogP contribution in [-0.4, -0.2) is 41.5 Å². The van der Waals surface area contributed by atoms with Gasteiger partial charge in [0.2, 0.25) is 5.91 Å². The molecule has 0 bridgehead atoms. The van der Waals surface area contributed by atoms with Gasteiger partial charge in [-0.1, -0.05) is 63.6 Å². The van der Waals surface area contributed by atoms with Gasteiger partial charge in [-0.3, -0.25) is 9.59 Å². The molecule has 0 unspecified atom stereocenters. The molecule has 37 heavy (non-hydrogen) atoms. The lowest BCUT2D eigenvalue weighted by molar-refractivity contribution is -0.126. The zero-order valence-corrected chi connectivity index (χ0v) is 21.8. The van der Waals surface area contributed by atoms with Crippen LogP contribution in [0.4, 0.5) is 0 Å². The summed E-state index contributed by atoms with van der Waals surface area (Å²) in [5, 5.41) is 11.5. The minimum Gasteiger partial charge on any atom is -0.497 e. The van der Waals surface area contributed by atoms with Crippen LogP contribution in [-0.2, 0) is 9.59 Å². The Morgan fingerprint density at radius 2 is 1.65 bits per heavy atom. The number of amides is 2. The molecule has 0 aliphatic rings. The molecule has 0 aliphatic heterocycles. The van der Waals surface area contributed by atoms with E-state index in [2.05, 4.69) is 22.8 Å². The molecule has 0 fully saturated rings. The van der Waals surface area contributed by atoms with Crippen LogP contribution in [0.3, 0.4) is 0 Å². The molecule has 0 atom stereocenters. The fourth-order valence-corrected chi connectivity index (χ4v) is 3.89. The molecule has 1 aromatic heterocycles. The molecular formula is C29H37N5O3. The molecule has 0 spiro atoms. The number of unbranched alkanes of at least 4 members (excludes halogenated alkanes) is 6. The quantitative estimate of drug-likeness (QED) is 0.168. The standard InChI is InChI=1S/C29H37N5O3/c1-3-4-5-6-7-8-12-15-27(35)30-21-28(36)32-31-20-24-22-34(25-13-10-9-11-14-25)33-29(24)23-16-18-26(37-2)19-17-23/h9-11,13-14,16-20,22H,3-8,12,15,21H2,1-2H3,(H,30,35)(H,32,36)/b31-20-. The van der Waals surface area contributed by atoms with Gasteiger partial charge in [0.25, 0.3) is 5.91 Å². The Morgan fingerprint density at radius 1 is 0.946 bits per heavy atom. The molecule has 0 radical (unpaired) electrons. The lowest BCUT2D eigenvalue weighted by atomic mass is 10.1. The number of hydrogen-bond acceptors (Lipinski definition) is 5. The van der Waals surface area contributed by atoms with E-state index in [4.69, 9.17) is 9.84 Å². The number of rotatable bonds is 15. The van der Waals surface area contributed by atoms with Crippen molar-refractivity contribution in [2.45, 2.75) is 58.3 Å². The first-order chi connectivity index (χ1) is 18.1. The number of aromatic nitrogens is 2. The maximum Gasteiger partial charge on any atom is 0.259 e. The van der Waals surface area contributed by atoms with E-state index in [9.17, 15) is 9.59 Å². The van der Waals surface area contributed by atoms with E-state index >= 15 is 0 Å². The van der Waals surface area contributed by atoms with Crippen molar-refractivity contribution in [3.63, 3.8) is 0 Å². The molecule has 8 nitrogen and oxygen atoms in total. The third-order valence-electron chi connectivity index (χ3n) is 5.97. The fourth-order valence-electron chi connectivity index (χ4n) is 3.89. The van der Waals surface area contributed by atoms with Crippen molar-refractivity contribution in [3.05, 3.63) is 66.4 Å². The number of carbonyl (C=O) groups excluding carboxylic acids is 2. The van der Waals surface area contributed by atoms with Crippen molar-refractivity contribution in [2.24, 2.45) is 5.10 Å². The average Bonchev–Trinajstić information content (AvgIpc) is 3.36. The van der Waals surface area contributed by atoms with Gasteiger partial charge >= 0.3 is 0 Å². The normalized spacial score (nSPS) is 11.0. The van der Waals surface area contributed by atoms with Crippen LogP contribution >= 0.6 is 0 Å². The highest BCUT2D eigenvalue weighted by Gasteiger charge is 2.12. The van der Waals surface area contributed by atoms with Crippen molar-refractivity contribution < 1.29 is 14.3 Å². The van der Waals surface area contributed by atoms with Crippen LogP contribution in [0.5, 0.6) is 5.75 Å². The summed E-state index contributed by atoms with van der Waals surface area (Å²) in [5.41, 5.74) is 5.73. The van der Waals surface area contributed by atoms with Gasteiger partial charge in [-0.25, -0.2) is 10.1 Å². The molecule has 3 rings (SSSR count).